The lowest BCUT2D eigenvalue weighted by molar-refractivity contribution is -0.136. The van der Waals surface area contributed by atoms with Gasteiger partial charge >= 0.3 is 11.8 Å². The van der Waals surface area contributed by atoms with Crippen molar-refractivity contribution in [3.63, 3.8) is 0 Å². The van der Waals surface area contributed by atoms with Crippen molar-refractivity contribution in [3.05, 3.63) is 53.1 Å². The third-order valence-corrected chi connectivity index (χ3v) is 3.71. The average Bonchev–Trinajstić information content (AvgIpc) is 2.62. The highest BCUT2D eigenvalue weighted by Crippen LogP contribution is 2.27. The predicted octanol–water partition coefficient (Wildman–Crippen LogP) is 2.65. The second kappa shape index (κ2) is 8.94. The number of rotatable bonds is 6. The number of carbonyl (C=O) groups excluding carboxylic acids is 2. The Kier molecular flexibility index (Phi) is 6.65. The van der Waals surface area contributed by atoms with Gasteiger partial charge in [0.1, 0.15) is 11.5 Å². The van der Waals surface area contributed by atoms with Crippen LogP contribution in [0.15, 0.2) is 42.5 Å². The van der Waals surface area contributed by atoms with Gasteiger partial charge in [-0.2, -0.15) is 0 Å². The van der Waals surface area contributed by atoms with Gasteiger partial charge in [-0.25, -0.2) is 0 Å². The Morgan fingerprint density at radius 3 is 2.36 bits per heavy atom. The second-order valence-electron chi connectivity index (χ2n) is 5.15. The number of halogens is 1. The summed E-state index contributed by atoms with van der Waals surface area (Å²) in [5.41, 5.74) is 1.36. The summed E-state index contributed by atoms with van der Waals surface area (Å²) in [6.07, 6.45) is 0.601. The van der Waals surface area contributed by atoms with Crippen LogP contribution in [-0.2, 0) is 16.0 Å². The largest absolute Gasteiger partial charge is 0.497 e. The van der Waals surface area contributed by atoms with Gasteiger partial charge in [0.05, 0.1) is 19.9 Å². The quantitative estimate of drug-likeness (QED) is 0.774. The zero-order valence-electron chi connectivity index (χ0n) is 14.0. The number of ether oxygens (including phenoxy) is 2. The van der Waals surface area contributed by atoms with Crippen molar-refractivity contribution in [2.45, 2.75) is 6.42 Å². The fourth-order valence-electron chi connectivity index (χ4n) is 2.15. The number of hydrogen-bond acceptors (Lipinski definition) is 4. The third-order valence-electron chi connectivity index (χ3n) is 3.47. The highest BCUT2D eigenvalue weighted by atomic mass is 35.5. The van der Waals surface area contributed by atoms with Crippen LogP contribution in [0.2, 0.25) is 5.02 Å². The smallest absolute Gasteiger partial charge is 0.313 e. The molecule has 0 aliphatic carbocycles. The van der Waals surface area contributed by atoms with Crippen molar-refractivity contribution in [1.82, 2.24) is 5.32 Å². The predicted molar refractivity (Wildman–Crippen MR) is 96.3 cm³/mol. The summed E-state index contributed by atoms with van der Waals surface area (Å²) in [5.74, 6) is -0.322. The van der Waals surface area contributed by atoms with E-state index in [4.69, 9.17) is 21.1 Å². The molecule has 0 aliphatic rings. The molecule has 0 aromatic heterocycles. The zero-order chi connectivity index (χ0) is 18.2. The number of benzene rings is 2. The van der Waals surface area contributed by atoms with E-state index in [-0.39, 0.29) is 0 Å². The topological polar surface area (TPSA) is 76.7 Å². The summed E-state index contributed by atoms with van der Waals surface area (Å²) < 4.78 is 10.2. The number of anilines is 1. The molecule has 2 rings (SSSR count). The van der Waals surface area contributed by atoms with Gasteiger partial charge in [0.25, 0.3) is 0 Å². The summed E-state index contributed by atoms with van der Waals surface area (Å²) in [6.45, 7) is 0.339. The Morgan fingerprint density at radius 1 is 1.00 bits per heavy atom. The van der Waals surface area contributed by atoms with Crippen molar-refractivity contribution in [2.75, 3.05) is 26.1 Å². The molecule has 0 atom stereocenters. The molecular formula is C18H19ClN2O4. The molecule has 2 amide bonds. The van der Waals surface area contributed by atoms with Gasteiger partial charge in [-0.3, -0.25) is 9.59 Å². The highest BCUT2D eigenvalue weighted by Gasteiger charge is 2.15. The van der Waals surface area contributed by atoms with Crippen molar-refractivity contribution in [2.24, 2.45) is 0 Å². The Bertz CT molecular complexity index is 747. The van der Waals surface area contributed by atoms with Crippen LogP contribution >= 0.6 is 11.6 Å². The minimum absolute atomic E-state index is 0.338. The Labute approximate surface area is 151 Å². The molecule has 0 spiro atoms. The van der Waals surface area contributed by atoms with Crippen molar-refractivity contribution >= 4 is 29.1 Å². The highest BCUT2D eigenvalue weighted by molar-refractivity contribution is 6.40. The van der Waals surface area contributed by atoms with Crippen LogP contribution in [-0.4, -0.2) is 32.6 Å². The van der Waals surface area contributed by atoms with Crippen LogP contribution in [0.5, 0.6) is 11.5 Å². The molecule has 0 fully saturated rings. The van der Waals surface area contributed by atoms with Gasteiger partial charge in [-0.1, -0.05) is 23.7 Å². The number of hydrogen-bond donors (Lipinski definition) is 2. The molecule has 25 heavy (non-hydrogen) atoms. The fraction of sp³-hybridized carbons (Fsp3) is 0.222. The molecule has 132 valence electrons. The molecular weight excluding hydrogens is 344 g/mol. The molecule has 0 saturated heterocycles. The third kappa shape index (κ3) is 5.39. The van der Waals surface area contributed by atoms with Gasteiger partial charge in [0.2, 0.25) is 0 Å². The molecule has 0 bridgehead atoms. The Balaban J connectivity index is 1.86. The first-order chi connectivity index (χ1) is 12.0. The van der Waals surface area contributed by atoms with Crippen molar-refractivity contribution in [1.29, 1.82) is 0 Å². The summed E-state index contributed by atoms with van der Waals surface area (Å²) >= 11 is 5.89. The first-order valence-electron chi connectivity index (χ1n) is 7.59. The molecule has 2 aromatic rings. The van der Waals surface area contributed by atoms with Gasteiger partial charge < -0.3 is 20.1 Å². The molecule has 2 aromatic carbocycles. The van der Waals surface area contributed by atoms with E-state index in [0.29, 0.717) is 29.4 Å². The Morgan fingerprint density at radius 2 is 1.72 bits per heavy atom. The summed E-state index contributed by atoms with van der Waals surface area (Å²) in [4.78, 5) is 23.9. The van der Waals surface area contributed by atoms with Crippen LogP contribution in [0.25, 0.3) is 0 Å². The van der Waals surface area contributed by atoms with Crippen LogP contribution in [0.4, 0.5) is 5.69 Å². The molecule has 7 heteroatoms. The number of nitrogens with one attached hydrogen (secondary N) is 2. The molecule has 0 heterocycles. The minimum atomic E-state index is -0.782. The van der Waals surface area contributed by atoms with E-state index >= 15 is 0 Å². The van der Waals surface area contributed by atoms with Crippen LogP contribution in [0.1, 0.15) is 5.56 Å². The van der Waals surface area contributed by atoms with E-state index in [1.54, 1.807) is 19.2 Å². The van der Waals surface area contributed by atoms with E-state index in [2.05, 4.69) is 10.6 Å². The maximum Gasteiger partial charge on any atom is 0.313 e. The average molecular weight is 363 g/mol. The van der Waals surface area contributed by atoms with E-state index in [1.807, 2.05) is 24.3 Å². The standard InChI is InChI=1S/C18H19ClN2O4/c1-24-14-6-3-12(4-7-14)9-10-20-17(22)18(23)21-15-11-13(19)5-8-16(15)25-2/h3-8,11H,9-10H2,1-2H3,(H,20,22)(H,21,23). The lowest BCUT2D eigenvalue weighted by Gasteiger charge is -2.10. The van der Waals surface area contributed by atoms with Gasteiger partial charge in [0.15, 0.2) is 0 Å². The molecule has 0 saturated carbocycles. The molecule has 2 N–H and O–H groups in total. The van der Waals surface area contributed by atoms with E-state index < -0.39 is 11.8 Å². The number of amides is 2. The molecule has 0 radical (unpaired) electrons. The zero-order valence-corrected chi connectivity index (χ0v) is 14.7. The lowest BCUT2D eigenvalue weighted by atomic mass is 10.1. The van der Waals surface area contributed by atoms with Crippen molar-refractivity contribution in [3.8, 4) is 11.5 Å². The maximum absolute atomic E-state index is 12.0. The summed E-state index contributed by atoms with van der Waals surface area (Å²) in [5, 5.41) is 5.49. The lowest BCUT2D eigenvalue weighted by Crippen LogP contribution is -2.36. The van der Waals surface area contributed by atoms with Crippen LogP contribution in [0, 0.1) is 0 Å². The van der Waals surface area contributed by atoms with Gasteiger partial charge in [0, 0.05) is 11.6 Å². The summed E-state index contributed by atoms with van der Waals surface area (Å²) in [7, 11) is 3.07. The van der Waals surface area contributed by atoms with Crippen molar-refractivity contribution < 1.29 is 19.1 Å². The first-order valence-corrected chi connectivity index (χ1v) is 7.97. The fourth-order valence-corrected chi connectivity index (χ4v) is 2.32. The molecule has 0 unspecified atom stereocenters. The van der Waals surface area contributed by atoms with E-state index in [1.165, 1.54) is 13.2 Å². The minimum Gasteiger partial charge on any atom is -0.497 e. The monoisotopic (exact) mass is 362 g/mol. The van der Waals surface area contributed by atoms with E-state index in [0.717, 1.165) is 11.3 Å². The maximum atomic E-state index is 12.0. The second-order valence-corrected chi connectivity index (χ2v) is 5.59. The van der Waals surface area contributed by atoms with Crippen LogP contribution < -0.4 is 20.1 Å². The van der Waals surface area contributed by atoms with Crippen LogP contribution in [0.3, 0.4) is 0 Å². The van der Waals surface area contributed by atoms with E-state index in [9.17, 15) is 9.59 Å². The normalized spacial score (nSPS) is 10.0. The number of carbonyl (C=O) groups is 2. The van der Waals surface area contributed by atoms with Gasteiger partial charge in [-0.05, 0) is 42.3 Å². The molecule has 6 nitrogen and oxygen atoms in total. The SMILES string of the molecule is COc1ccc(CCNC(=O)C(=O)Nc2cc(Cl)ccc2OC)cc1. The van der Waals surface area contributed by atoms with Gasteiger partial charge in [-0.15, -0.1) is 0 Å². The number of methoxy groups -OCH3 is 2. The molecule has 0 aliphatic heterocycles. The first kappa shape index (κ1) is 18.6. The Hall–Kier alpha value is -2.73. The summed E-state index contributed by atoms with van der Waals surface area (Å²) in [6, 6.07) is 12.3.